The highest BCUT2D eigenvalue weighted by Crippen LogP contribution is 2.25. The molecule has 0 N–H and O–H groups in total. The van der Waals surface area contributed by atoms with Crippen LogP contribution in [0.25, 0.3) is 0 Å². The quantitative estimate of drug-likeness (QED) is 0.743. The number of halogens is 2. The summed E-state index contributed by atoms with van der Waals surface area (Å²) in [6, 6.07) is 11.7. The van der Waals surface area contributed by atoms with Crippen LogP contribution in [-0.4, -0.2) is 29.7 Å². The van der Waals surface area contributed by atoms with E-state index in [1.807, 2.05) is 0 Å². The van der Waals surface area contributed by atoms with Crippen LogP contribution in [0, 0.1) is 0 Å². The summed E-state index contributed by atoms with van der Waals surface area (Å²) in [5.41, 5.74) is 1.67. The monoisotopic (exact) mass is 390 g/mol. The molecule has 7 heteroatoms. The van der Waals surface area contributed by atoms with Gasteiger partial charge in [-0.1, -0.05) is 35.3 Å². The summed E-state index contributed by atoms with van der Waals surface area (Å²) in [6.07, 6.45) is 0.405. The molecule has 2 aromatic rings. The topological polar surface area (TPSA) is 57.7 Å². The molecule has 1 saturated heterocycles. The molecule has 0 bridgehead atoms. The number of carbonyl (C=O) groups excluding carboxylic acids is 3. The maximum atomic E-state index is 12.7. The summed E-state index contributed by atoms with van der Waals surface area (Å²) < 4.78 is 0. The van der Waals surface area contributed by atoms with E-state index in [2.05, 4.69) is 0 Å². The van der Waals surface area contributed by atoms with Crippen LogP contribution < -0.4 is 4.90 Å². The van der Waals surface area contributed by atoms with Gasteiger partial charge < -0.3 is 4.90 Å². The molecule has 1 heterocycles. The van der Waals surface area contributed by atoms with Crippen molar-refractivity contribution in [2.45, 2.75) is 19.4 Å². The van der Waals surface area contributed by atoms with Crippen molar-refractivity contribution >= 4 is 46.6 Å². The van der Waals surface area contributed by atoms with Gasteiger partial charge in [-0.2, -0.15) is 0 Å². The van der Waals surface area contributed by atoms with E-state index >= 15 is 0 Å². The first kappa shape index (κ1) is 18.4. The zero-order chi connectivity index (χ0) is 18.8. The molecule has 2 aromatic carbocycles. The fourth-order valence-corrected chi connectivity index (χ4v) is 3.17. The lowest BCUT2D eigenvalue weighted by Crippen LogP contribution is -2.29. The van der Waals surface area contributed by atoms with Crippen LogP contribution in [-0.2, 0) is 16.1 Å². The van der Waals surface area contributed by atoms with Gasteiger partial charge in [-0.05, 0) is 35.9 Å². The van der Waals surface area contributed by atoms with Gasteiger partial charge in [-0.25, -0.2) is 0 Å². The van der Waals surface area contributed by atoms with Crippen molar-refractivity contribution in [3.63, 3.8) is 0 Å². The first-order chi connectivity index (χ1) is 12.4. The maximum Gasteiger partial charge on any atom is 0.253 e. The Bertz CT molecular complexity index is 882. The Morgan fingerprint density at radius 2 is 1.73 bits per heavy atom. The number of amides is 3. The lowest BCUT2D eigenvalue weighted by Gasteiger charge is -2.19. The Morgan fingerprint density at radius 1 is 1.04 bits per heavy atom. The highest BCUT2D eigenvalue weighted by molar-refractivity contribution is 6.42. The van der Waals surface area contributed by atoms with Crippen molar-refractivity contribution in [1.82, 2.24) is 4.90 Å². The molecule has 5 nitrogen and oxygen atoms in total. The Morgan fingerprint density at radius 3 is 2.38 bits per heavy atom. The van der Waals surface area contributed by atoms with Gasteiger partial charge in [0.1, 0.15) is 0 Å². The molecule has 0 atom stereocenters. The summed E-state index contributed by atoms with van der Waals surface area (Å²) in [5.74, 6) is -0.718. The van der Waals surface area contributed by atoms with E-state index in [1.54, 1.807) is 49.5 Å². The molecule has 3 rings (SSSR count). The van der Waals surface area contributed by atoms with Gasteiger partial charge in [0, 0.05) is 32.0 Å². The van der Waals surface area contributed by atoms with Gasteiger partial charge in [0.2, 0.25) is 11.8 Å². The zero-order valence-electron chi connectivity index (χ0n) is 14.0. The fourth-order valence-electron chi connectivity index (χ4n) is 2.85. The molecular weight excluding hydrogens is 375 g/mol. The third kappa shape index (κ3) is 3.74. The van der Waals surface area contributed by atoms with Crippen molar-refractivity contribution in [2.24, 2.45) is 0 Å². The maximum absolute atomic E-state index is 12.7. The molecule has 3 amide bonds. The molecule has 1 fully saturated rings. The van der Waals surface area contributed by atoms with E-state index in [4.69, 9.17) is 23.2 Å². The summed E-state index contributed by atoms with van der Waals surface area (Å²) >= 11 is 11.9. The van der Waals surface area contributed by atoms with Crippen LogP contribution in [0.3, 0.4) is 0 Å². The molecule has 0 aromatic heterocycles. The lowest BCUT2D eigenvalue weighted by molar-refractivity contribution is -0.121. The number of carbonyl (C=O) groups is 3. The molecule has 0 unspecified atom stereocenters. The number of hydrogen-bond donors (Lipinski definition) is 0. The molecule has 0 aliphatic carbocycles. The van der Waals surface area contributed by atoms with Gasteiger partial charge >= 0.3 is 0 Å². The minimum absolute atomic E-state index is 0.203. The Kier molecular flexibility index (Phi) is 5.30. The predicted molar refractivity (Wildman–Crippen MR) is 100 cm³/mol. The summed E-state index contributed by atoms with van der Waals surface area (Å²) in [5, 5.41) is 0.884. The molecule has 1 aliphatic heterocycles. The van der Waals surface area contributed by atoms with Gasteiger partial charge in [0.15, 0.2) is 0 Å². The third-order valence-corrected chi connectivity index (χ3v) is 4.89. The SMILES string of the molecule is CN(Cc1ccc(Cl)c(Cl)c1)C(=O)c1cccc(N2C(=O)CCC2=O)c1. The molecule has 134 valence electrons. The van der Waals surface area contributed by atoms with Gasteiger partial charge in [0.25, 0.3) is 5.91 Å². The molecule has 0 radical (unpaired) electrons. The second kappa shape index (κ2) is 7.48. The van der Waals surface area contributed by atoms with E-state index in [1.165, 1.54) is 4.90 Å². The highest BCUT2D eigenvalue weighted by atomic mass is 35.5. The summed E-state index contributed by atoms with van der Waals surface area (Å²) in [6.45, 7) is 0.349. The van der Waals surface area contributed by atoms with Crippen LogP contribution in [0.4, 0.5) is 5.69 Å². The van der Waals surface area contributed by atoms with Crippen LogP contribution >= 0.6 is 23.2 Å². The van der Waals surface area contributed by atoms with Crippen molar-refractivity contribution < 1.29 is 14.4 Å². The summed E-state index contributed by atoms with van der Waals surface area (Å²) in [7, 11) is 1.67. The smallest absolute Gasteiger partial charge is 0.253 e. The van der Waals surface area contributed by atoms with E-state index in [0.29, 0.717) is 27.8 Å². The number of imide groups is 1. The second-order valence-electron chi connectivity index (χ2n) is 6.08. The molecular formula is C19H16Cl2N2O3. The predicted octanol–water partition coefficient (Wildman–Crippen LogP) is 3.92. The van der Waals surface area contributed by atoms with Gasteiger partial charge in [-0.3, -0.25) is 19.3 Å². The van der Waals surface area contributed by atoms with E-state index in [0.717, 1.165) is 10.5 Å². The first-order valence-corrected chi connectivity index (χ1v) is 8.77. The van der Waals surface area contributed by atoms with Crippen molar-refractivity contribution in [1.29, 1.82) is 0 Å². The van der Waals surface area contributed by atoms with Crippen molar-refractivity contribution in [3.05, 3.63) is 63.6 Å². The normalized spacial score (nSPS) is 14.0. The highest BCUT2D eigenvalue weighted by Gasteiger charge is 2.30. The number of benzene rings is 2. The second-order valence-corrected chi connectivity index (χ2v) is 6.90. The van der Waals surface area contributed by atoms with Crippen molar-refractivity contribution in [3.8, 4) is 0 Å². The number of hydrogen-bond acceptors (Lipinski definition) is 3. The van der Waals surface area contributed by atoms with Crippen molar-refractivity contribution in [2.75, 3.05) is 11.9 Å². The number of anilines is 1. The standard InChI is InChI=1S/C19H16Cl2N2O3/c1-22(11-12-5-6-15(20)16(21)9-12)19(26)13-3-2-4-14(10-13)23-17(24)7-8-18(23)25/h2-6,9-10H,7-8,11H2,1H3. The van der Waals surface area contributed by atoms with E-state index in [9.17, 15) is 14.4 Å². The fraction of sp³-hybridized carbons (Fsp3) is 0.211. The minimum atomic E-state index is -0.247. The van der Waals surface area contributed by atoms with Gasteiger partial charge in [0.05, 0.1) is 15.7 Å². The largest absolute Gasteiger partial charge is 0.337 e. The van der Waals surface area contributed by atoms with Crippen LogP contribution in [0.5, 0.6) is 0 Å². The number of rotatable bonds is 4. The molecule has 0 spiro atoms. The zero-order valence-corrected chi connectivity index (χ0v) is 15.5. The van der Waals surface area contributed by atoms with Gasteiger partial charge in [-0.15, -0.1) is 0 Å². The Balaban J connectivity index is 1.78. The molecule has 26 heavy (non-hydrogen) atoms. The minimum Gasteiger partial charge on any atom is -0.337 e. The van der Waals surface area contributed by atoms with E-state index in [-0.39, 0.29) is 30.6 Å². The Hall–Kier alpha value is -2.37. The molecule has 0 saturated carbocycles. The van der Waals surface area contributed by atoms with E-state index < -0.39 is 0 Å². The van der Waals surface area contributed by atoms with Crippen LogP contribution in [0.2, 0.25) is 10.0 Å². The first-order valence-electron chi connectivity index (χ1n) is 8.02. The number of nitrogens with zero attached hydrogens (tertiary/aromatic N) is 2. The van der Waals surface area contributed by atoms with Crippen LogP contribution in [0.15, 0.2) is 42.5 Å². The molecule has 1 aliphatic rings. The average Bonchev–Trinajstić information content (AvgIpc) is 2.96. The Labute approximate surface area is 161 Å². The average molecular weight is 391 g/mol. The van der Waals surface area contributed by atoms with Crippen LogP contribution in [0.1, 0.15) is 28.8 Å². The lowest BCUT2D eigenvalue weighted by atomic mass is 10.1. The third-order valence-electron chi connectivity index (χ3n) is 4.15. The summed E-state index contributed by atoms with van der Waals surface area (Å²) in [4.78, 5) is 39.2.